The summed E-state index contributed by atoms with van der Waals surface area (Å²) < 4.78 is 0. The van der Waals surface area contributed by atoms with E-state index in [1.165, 1.54) is 6.42 Å². The predicted molar refractivity (Wildman–Crippen MR) is 81.2 cm³/mol. The van der Waals surface area contributed by atoms with Gasteiger partial charge in [0.15, 0.2) is 0 Å². The number of rotatable bonds is 1. The summed E-state index contributed by atoms with van der Waals surface area (Å²) in [7, 11) is 0. The van der Waals surface area contributed by atoms with Crippen molar-refractivity contribution in [1.82, 2.24) is 9.80 Å². The van der Waals surface area contributed by atoms with Crippen molar-refractivity contribution in [2.75, 3.05) is 13.1 Å². The molecule has 6 rings (SSSR count). The lowest BCUT2D eigenvalue weighted by Crippen LogP contribution is -2.69. The summed E-state index contributed by atoms with van der Waals surface area (Å²) in [5.41, 5.74) is 0.106. The molecule has 5 nitrogen and oxygen atoms in total. The van der Waals surface area contributed by atoms with Crippen molar-refractivity contribution in [3.05, 3.63) is 11.8 Å². The van der Waals surface area contributed by atoms with Gasteiger partial charge in [0.1, 0.15) is 5.84 Å². The molecule has 0 spiro atoms. The lowest BCUT2D eigenvalue weighted by molar-refractivity contribution is -0.168. The molecule has 2 unspecified atom stereocenters. The Balaban J connectivity index is 1.54. The summed E-state index contributed by atoms with van der Waals surface area (Å²) >= 11 is 0. The lowest BCUT2D eigenvalue weighted by atomic mass is 9.50. The van der Waals surface area contributed by atoms with Crippen molar-refractivity contribution < 1.29 is 9.90 Å². The van der Waals surface area contributed by atoms with Crippen LogP contribution in [0.15, 0.2) is 11.8 Å². The molecule has 4 saturated carbocycles. The van der Waals surface area contributed by atoms with Gasteiger partial charge in [-0.3, -0.25) is 10.2 Å². The number of fused-ring (bicyclic) bond motifs is 1. The van der Waals surface area contributed by atoms with E-state index in [4.69, 9.17) is 5.41 Å². The van der Waals surface area contributed by atoms with Gasteiger partial charge in [0.2, 0.25) is 5.91 Å². The number of carbonyl (C=O) groups is 1. The molecule has 5 fully saturated rings. The van der Waals surface area contributed by atoms with E-state index in [-0.39, 0.29) is 11.4 Å². The van der Waals surface area contributed by atoms with Gasteiger partial charge in [-0.15, -0.1) is 0 Å². The minimum Gasteiger partial charge on any atom is -0.390 e. The van der Waals surface area contributed by atoms with Crippen molar-refractivity contribution in [3.63, 3.8) is 0 Å². The number of nitrogens with one attached hydrogen (secondary N) is 1. The molecule has 0 radical (unpaired) electrons. The zero-order chi connectivity index (χ0) is 15.1. The minimum atomic E-state index is -0.547. The second kappa shape index (κ2) is 3.94. The molecule has 0 aromatic rings. The van der Waals surface area contributed by atoms with Crippen molar-refractivity contribution in [2.45, 2.75) is 56.1 Å². The third kappa shape index (κ3) is 1.58. The number of amides is 1. The fraction of sp³-hybridized carbons (Fsp3) is 0.765. The Labute approximate surface area is 130 Å². The molecule has 5 heteroatoms. The van der Waals surface area contributed by atoms with Crippen LogP contribution in [0.5, 0.6) is 0 Å². The fourth-order valence-corrected chi connectivity index (χ4v) is 6.37. The first kappa shape index (κ1) is 13.1. The highest BCUT2D eigenvalue weighted by molar-refractivity contribution is 6.05. The maximum atomic E-state index is 12.5. The largest absolute Gasteiger partial charge is 0.390 e. The van der Waals surface area contributed by atoms with E-state index in [1.807, 2.05) is 6.08 Å². The van der Waals surface area contributed by atoms with E-state index in [2.05, 4.69) is 4.90 Å². The molecule has 2 atom stereocenters. The summed E-state index contributed by atoms with van der Waals surface area (Å²) in [6, 6.07) is 0. The number of aliphatic hydroxyl groups is 1. The van der Waals surface area contributed by atoms with Gasteiger partial charge in [-0.05, 0) is 56.8 Å². The molecule has 4 bridgehead atoms. The number of hydrogen-bond donors (Lipinski definition) is 2. The summed E-state index contributed by atoms with van der Waals surface area (Å²) in [4.78, 5) is 16.3. The van der Waals surface area contributed by atoms with Crippen molar-refractivity contribution >= 4 is 11.7 Å². The summed E-state index contributed by atoms with van der Waals surface area (Å²) in [6.45, 7) is 1.05. The maximum absolute atomic E-state index is 12.5. The third-order valence-electron chi connectivity index (χ3n) is 6.66. The van der Waals surface area contributed by atoms with E-state index in [0.717, 1.165) is 50.8 Å². The molecule has 2 heterocycles. The first-order valence-corrected chi connectivity index (χ1v) is 8.58. The molecule has 0 aromatic carbocycles. The van der Waals surface area contributed by atoms with Crippen LogP contribution in [0.1, 0.15) is 44.9 Å². The van der Waals surface area contributed by atoms with Crippen LogP contribution in [-0.2, 0) is 4.79 Å². The molecule has 118 valence electrons. The van der Waals surface area contributed by atoms with Gasteiger partial charge >= 0.3 is 0 Å². The zero-order valence-electron chi connectivity index (χ0n) is 12.8. The summed E-state index contributed by atoms with van der Waals surface area (Å²) in [5.74, 6) is 1.79. The van der Waals surface area contributed by atoms with Crippen LogP contribution in [-0.4, -0.2) is 50.9 Å². The molecule has 1 saturated heterocycles. The van der Waals surface area contributed by atoms with E-state index < -0.39 is 5.60 Å². The Kier molecular flexibility index (Phi) is 2.35. The Morgan fingerprint density at radius 3 is 2.64 bits per heavy atom. The zero-order valence-corrected chi connectivity index (χ0v) is 12.8. The predicted octanol–water partition coefficient (Wildman–Crippen LogP) is 1.48. The quantitative estimate of drug-likeness (QED) is 0.771. The topological polar surface area (TPSA) is 67.6 Å². The van der Waals surface area contributed by atoms with E-state index in [1.54, 1.807) is 4.90 Å². The monoisotopic (exact) mass is 301 g/mol. The minimum absolute atomic E-state index is 0.127. The second-order valence-electron chi connectivity index (χ2n) is 8.27. The molecule has 2 N–H and O–H groups in total. The van der Waals surface area contributed by atoms with Gasteiger partial charge in [0, 0.05) is 12.1 Å². The molecule has 2 aliphatic heterocycles. The summed E-state index contributed by atoms with van der Waals surface area (Å²) in [5, 5.41) is 19.6. The summed E-state index contributed by atoms with van der Waals surface area (Å²) in [6.07, 6.45) is 8.82. The standard InChI is InChI=1S/C17H23N3O2/c18-15-13-2-1-3-19(13)14(21)9-20(15)16-5-11-4-12(6-16)8-17(22,7-11)10-16/h2,11-12,18,22H,1,3-10H2. The molecule has 0 aromatic heterocycles. The van der Waals surface area contributed by atoms with Crippen molar-refractivity contribution in [3.8, 4) is 0 Å². The Morgan fingerprint density at radius 2 is 1.95 bits per heavy atom. The first-order valence-electron chi connectivity index (χ1n) is 8.58. The average Bonchev–Trinajstić information content (AvgIpc) is 2.90. The molecule has 6 aliphatic rings. The van der Waals surface area contributed by atoms with Crippen LogP contribution < -0.4 is 0 Å². The third-order valence-corrected chi connectivity index (χ3v) is 6.66. The van der Waals surface area contributed by atoms with Gasteiger partial charge < -0.3 is 14.9 Å². The number of piperazine rings is 1. The van der Waals surface area contributed by atoms with Gasteiger partial charge in [-0.1, -0.05) is 6.08 Å². The molecular weight excluding hydrogens is 278 g/mol. The highest BCUT2D eigenvalue weighted by Gasteiger charge is 2.60. The maximum Gasteiger partial charge on any atom is 0.246 e. The van der Waals surface area contributed by atoms with Gasteiger partial charge in [-0.25, -0.2) is 0 Å². The highest BCUT2D eigenvalue weighted by atomic mass is 16.3. The average molecular weight is 301 g/mol. The van der Waals surface area contributed by atoms with Gasteiger partial charge in [0.25, 0.3) is 0 Å². The van der Waals surface area contributed by atoms with E-state index in [9.17, 15) is 9.90 Å². The van der Waals surface area contributed by atoms with E-state index >= 15 is 0 Å². The Morgan fingerprint density at radius 1 is 1.23 bits per heavy atom. The van der Waals surface area contributed by atoms with Crippen LogP contribution in [0.4, 0.5) is 0 Å². The van der Waals surface area contributed by atoms with Crippen LogP contribution >= 0.6 is 0 Å². The smallest absolute Gasteiger partial charge is 0.246 e. The number of amidine groups is 1. The number of nitrogens with zero attached hydrogens (tertiary/aromatic N) is 2. The van der Waals surface area contributed by atoms with Crippen LogP contribution in [0, 0.1) is 17.2 Å². The second-order valence-corrected chi connectivity index (χ2v) is 8.27. The molecular formula is C17H23N3O2. The Hall–Kier alpha value is -1.36. The number of hydrogen-bond acceptors (Lipinski definition) is 3. The normalized spacial score (nSPS) is 46.3. The highest BCUT2D eigenvalue weighted by Crippen LogP contribution is 2.59. The van der Waals surface area contributed by atoms with Crippen molar-refractivity contribution in [2.24, 2.45) is 11.8 Å². The lowest BCUT2D eigenvalue weighted by Gasteiger charge is -2.64. The number of carbonyl (C=O) groups excluding carboxylic acids is 1. The Bertz CT molecular complexity index is 597. The van der Waals surface area contributed by atoms with Crippen molar-refractivity contribution in [1.29, 1.82) is 5.41 Å². The van der Waals surface area contributed by atoms with Crippen LogP contribution in [0.25, 0.3) is 0 Å². The molecule has 22 heavy (non-hydrogen) atoms. The van der Waals surface area contributed by atoms with Crippen LogP contribution in [0.2, 0.25) is 0 Å². The molecule has 1 amide bonds. The SMILES string of the molecule is N=C1C2=CCCN2C(=O)CN1C12CC3CC(CC(O)(C3)C1)C2. The first-order chi connectivity index (χ1) is 10.5. The fourth-order valence-electron chi connectivity index (χ4n) is 6.37. The van der Waals surface area contributed by atoms with Gasteiger partial charge in [0.05, 0.1) is 17.8 Å². The van der Waals surface area contributed by atoms with Crippen LogP contribution in [0.3, 0.4) is 0 Å². The van der Waals surface area contributed by atoms with E-state index in [0.29, 0.717) is 24.2 Å². The van der Waals surface area contributed by atoms with Gasteiger partial charge in [-0.2, -0.15) is 0 Å². The molecule has 4 aliphatic carbocycles.